The molecular formula is C24H33FN4O4. The summed E-state index contributed by atoms with van der Waals surface area (Å²) in [6, 6.07) is 0.443. The third kappa shape index (κ3) is 6.52. The zero-order chi connectivity index (χ0) is 24.2. The van der Waals surface area contributed by atoms with Crippen LogP contribution in [0.25, 0.3) is 11.1 Å². The number of hydrogen-bond acceptors (Lipinski definition) is 6. The molecule has 1 unspecified atom stereocenters. The van der Waals surface area contributed by atoms with E-state index in [0.29, 0.717) is 22.6 Å². The van der Waals surface area contributed by atoms with Crippen molar-refractivity contribution < 1.29 is 23.2 Å². The van der Waals surface area contributed by atoms with Crippen LogP contribution in [-0.2, 0) is 9.53 Å². The highest BCUT2D eigenvalue weighted by Crippen LogP contribution is 2.29. The molecule has 0 saturated heterocycles. The Balaban J connectivity index is 1.80. The van der Waals surface area contributed by atoms with Crippen molar-refractivity contribution in [1.29, 1.82) is 0 Å². The zero-order valence-corrected chi connectivity index (χ0v) is 20.0. The average molecular weight is 461 g/mol. The fourth-order valence-corrected chi connectivity index (χ4v) is 4.23. The lowest BCUT2D eigenvalue weighted by Gasteiger charge is -2.28. The first-order chi connectivity index (χ1) is 15.5. The number of halogens is 1. The van der Waals surface area contributed by atoms with Gasteiger partial charge in [-0.3, -0.25) is 4.79 Å². The highest BCUT2D eigenvalue weighted by atomic mass is 19.1. The van der Waals surface area contributed by atoms with Crippen molar-refractivity contribution in [3.8, 4) is 11.1 Å². The summed E-state index contributed by atoms with van der Waals surface area (Å²) in [6.45, 7) is 8.77. The van der Waals surface area contributed by atoms with E-state index in [2.05, 4.69) is 20.8 Å². The first-order valence-electron chi connectivity index (χ1n) is 11.4. The largest absolute Gasteiger partial charge is 0.444 e. The van der Waals surface area contributed by atoms with Gasteiger partial charge >= 0.3 is 6.09 Å². The summed E-state index contributed by atoms with van der Waals surface area (Å²) in [5.74, 6) is -0.896. The molecule has 0 spiro atoms. The molecule has 2 amide bonds. The van der Waals surface area contributed by atoms with E-state index >= 15 is 0 Å². The van der Waals surface area contributed by atoms with Gasteiger partial charge in [0.15, 0.2) is 11.6 Å². The number of alkyl carbamates (subject to hydrolysis) is 1. The van der Waals surface area contributed by atoms with Gasteiger partial charge in [-0.25, -0.2) is 14.2 Å². The topological polar surface area (TPSA) is 106 Å². The monoisotopic (exact) mass is 460 g/mol. The van der Waals surface area contributed by atoms with Crippen LogP contribution >= 0.6 is 0 Å². The smallest absolute Gasteiger partial charge is 0.408 e. The SMILES string of the molecule is Cc1noc(C)c1-c1cnc(NC(=O)C(NC(=O)OC(C)(C)C)C2CCCCCC2)c(F)c1. The van der Waals surface area contributed by atoms with Gasteiger partial charge in [0.2, 0.25) is 5.91 Å². The molecule has 1 aliphatic carbocycles. The van der Waals surface area contributed by atoms with Crippen LogP contribution in [0.1, 0.15) is 70.8 Å². The molecular weight excluding hydrogens is 427 g/mol. The molecule has 1 atom stereocenters. The van der Waals surface area contributed by atoms with E-state index in [-0.39, 0.29) is 11.7 Å². The number of hydrogen-bond donors (Lipinski definition) is 2. The van der Waals surface area contributed by atoms with Crippen molar-refractivity contribution >= 4 is 17.8 Å². The lowest BCUT2D eigenvalue weighted by atomic mass is 9.91. The Hall–Kier alpha value is -2.97. The molecule has 0 bridgehead atoms. The van der Waals surface area contributed by atoms with Crippen molar-refractivity contribution in [1.82, 2.24) is 15.5 Å². The van der Waals surface area contributed by atoms with Crippen molar-refractivity contribution in [2.24, 2.45) is 5.92 Å². The molecule has 3 rings (SSSR count). The van der Waals surface area contributed by atoms with Gasteiger partial charge in [0.05, 0.1) is 5.69 Å². The second kappa shape index (κ2) is 10.3. The van der Waals surface area contributed by atoms with Gasteiger partial charge < -0.3 is 19.9 Å². The number of nitrogens with zero attached hydrogens (tertiary/aromatic N) is 2. The molecule has 1 saturated carbocycles. The highest BCUT2D eigenvalue weighted by Gasteiger charge is 2.32. The van der Waals surface area contributed by atoms with E-state index < -0.39 is 29.5 Å². The number of amides is 2. The minimum absolute atomic E-state index is 0.0651. The lowest BCUT2D eigenvalue weighted by Crippen LogP contribution is -2.50. The van der Waals surface area contributed by atoms with E-state index in [1.807, 2.05) is 0 Å². The average Bonchev–Trinajstić information content (AvgIpc) is 2.91. The minimum Gasteiger partial charge on any atom is -0.444 e. The molecule has 2 aromatic heterocycles. The maximum atomic E-state index is 14.9. The quantitative estimate of drug-likeness (QED) is 0.587. The third-order valence-electron chi connectivity index (χ3n) is 5.73. The van der Waals surface area contributed by atoms with E-state index in [9.17, 15) is 14.0 Å². The first kappa shape index (κ1) is 24.7. The van der Waals surface area contributed by atoms with Crippen LogP contribution in [-0.4, -0.2) is 33.8 Å². The minimum atomic E-state index is -0.846. The summed E-state index contributed by atoms with van der Waals surface area (Å²) in [7, 11) is 0. The van der Waals surface area contributed by atoms with Gasteiger partial charge in [0, 0.05) is 17.3 Å². The molecule has 2 aromatic rings. The van der Waals surface area contributed by atoms with Crippen molar-refractivity contribution in [2.75, 3.05) is 5.32 Å². The molecule has 8 nitrogen and oxygen atoms in total. The second-order valence-electron chi connectivity index (χ2n) is 9.62. The van der Waals surface area contributed by atoms with Crippen LogP contribution < -0.4 is 10.6 Å². The van der Waals surface area contributed by atoms with Gasteiger partial charge in [-0.2, -0.15) is 0 Å². The van der Waals surface area contributed by atoms with Gasteiger partial charge in [0.1, 0.15) is 17.4 Å². The number of aryl methyl sites for hydroxylation is 2. The molecule has 33 heavy (non-hydrogen) atoms. The Morgan fingerprint density at radius 1 is 1.18 bits per heavy atom. The number of anilines is 1. The molecule has 9 heteroatoms. The van der Waals surface area contributed by atoms with E-state index in [1.165, 1.54) is 12.3 Å². The number of carbonyl (C=O) groups excluding carboxylic acids is 2. The first-order valence-corrected chi connectivity index (χ1v) is 11.4. The van der Waals surface area contributed by atoms with Crippen molar-refractivity contribution in [3.63, 3.8) is 0 Å². The van der Waals surface area contributed by atoms with Gasteiger partial charge in [0.25, 0.3) is 0 Å². The summed E-state index contributed by atoms with van der Waals surface area (Å²) >= 11 is 0. The molecule has 2 heterocycles. The highest BCUT2D eigenvalue weighted by molar-refractivity contribution is 5.96. The Kier molecular flexibility index (Phi) is 7.71. The third-order valence-corrected chi connectivity index (χ3v) is 5.73. The summed E-state index contributed by atoms with van der Waals surface area (Å²) in [5, 5.41) is 9.16. The molecule has 0 aromatic carbocycles. The summed E-state index contributed by atoms with van der Waals surface area (Å²) in [5.41, 5.74) is 1.10. The Labute approximate surface area is 193 Å². The van der Waals surface area contributed by atoms with E-state index in [0.717, 1.165) is 38.5 Å². The van der Waals surface area contributed by atoms with Crippen LogP contribution in [0, 0.1) is 25.6 Å². The van der Waals surface area contributed by atoms with E-state index in [4.69, 9.17) is 9.26 Å². The number of aromatic nitrogens is 2. The summed E-state index contributed by atoms with van der Waals surface area (Å²) in [6.07, 6.45) is 6.53. The van der Waals surface area contributed by atoms with Crippen molar-refractivity contribution in [2.45, 2.75) is 84.8 Å². The molecule has 0 aliphatic heterocycles. The molecule has 0 radical (unpaired) electrons. The van der Waals surface area contributed by atoms with Crippen molar-refractivity contribution in [3.05, 3.63) is 29.5 Å². The van der Waals surface area contributed by atoms with Crippen LogP contribution in [0.5, 0.6) is 0 Å². The maximum Gasteiger partial charge on any atom is 0.408 e. The summed E-state index contributed by atoms with van der Waals surface area (Å²) in [4.78, 5) is 29.8. The van der Waals surface area contributed by atoms with Crippen LogP contribution in [0.3, 0.4) is 0 Å². The van der Waals surface area contributed by atoms with Gasteiger partial charge in [-0.15, -0.1) is 0 Å². The number of rotatable bonds is 5. The maximum absolute atomic E-state index is 14.9. The molecule has 180 valence electrons. The van der Waals surface area contributed by atoms with Crippen LogP contribution in [0.4, 0.5) is 15.0 Å². The number of nitrogens with one attached hydrogen (secondary N) is 2. The number of carbonyl (C=O) groups is 2. The lowest BCUT2D eigenvalue weighted by molar-refractivity contribution is -0.119. The zero-order valence-electron chi connectivity index (χ0n) is 20.0. The van der Waals surface area contributed by atoms with E-state index in [1.54, 1.807) is 34.6 Å². The van der Waals surface area contributed by atoms with Crippen LogP contribution in [0.15, 0.2) is 16.8 Å². The Morgan fingerprint density at radius 3 is 2.39 bits per heavy atom. The predicted octanol–water partition coefficient (Wildman–Crippen LogP) is 5.29. The second-order valence-corrected chi connectivity index (χ2v) is 9.62. The fraction of sp³-hybridized carbons (Fsp3) is 0.583. The normalized spacial score (nSPS) is 16.1. The fourth-order valence-electron chi connectivity index (χ4n) is 4.23. The molecule has 2 N–H and O–H groups in total. The van der Waals surface area contributed by atoms with Gasteiger partial charge in [-0.05, 0) is 59.4 Å². The Bertz CT molecular complexity index is 971. The van der Waals surface area contributed by atoms with Crippen LogP contribution in [0.2, 0.25) is 0 Å². The standard InChI is InChI=1S/C24H33FN4O4/c1-14-19(15(2)33-29-14)17-12-18(25)21(26-13-17)28-22(30)20(16-10-8-6-7-9-11-16)27-23(31)32-24(3,4)5/h12-13,16,20H,6-11H2,1-5H3,(H,27,31)(H,26,28,30). The van der Waals surface area contributed by atoms with Gasteiger partial charge in [-0.1, -0.05) is 30.8 Å². The number of pyridine rings is 1. The molecule has 1 fully saturated rings. The predicted molar refractivity (Wildman–Crippen MR) is 122 cm³/mol. The molecule has 1 aliphatic rings. The summed E-state index contributed by atoms with van der Waals surface area (Å²) < 4.78 is 25.4. The Morgan fingerprint density at radius 2 is 1.85 bits per heavy atom. The number of ether oxygens (including phenoxy) is 1.